The molecule has 0 aromatic carbocycles. The molecule has 0 fully saturated rings. The summed E-state index contributed by atoms with van der Waals surface area (Å²) in [6.45, 7) is 4.05. The standard InChI is InChI=1S/C11H19N3S.HI/c1-3-7-13-11(12-2)14-8-6-10-5-4-9-15-10;/h4-5,9H,3,6-8H2,1-2H3,(H2,12,13,14);1H. The minimum atomic E-state index is 0. The number of halogens is 1. The summed E-state index contributed by atoms with van der Waals surface area (Å²) in [5.74, 6) is 0.897. The Morgan fingerprint density at radius 3 is 2.69 bits per heavy atom. The van der Waals surface area contributed by atoms with Crippen LogP contribution in [0.4, 0.5) is 0 Å². The number of hydrogen-bond donors (Lipinski definition) is 2. The predicted octanol–water partition coefficient (Wildman–Crippen LogP) is 2.48. The van der Waals surface area contributed by atoms with Gasteiger partial charge in [0.1, 0.15) is 0 Å². The van der Waals surface area contributed by atoms with Crippen molar-refractivity contribution in [2.24, 2.45) is 4.99 Å². The van der Waals surface area contributed by atoms with E-state index < -0.39 is 0 Å². The van der Waals surface area contributed by atoms with Crippen LogP contribution >= 0.6 is 35.3 Å². The molecule has 0 atom stereocenters. The van der Waals surface area contributed by atoms with Crippen molar-refractivity contribution in [2.45, 2.75) is 19.8 Å². The van der Waals surface area contributed by atoms with E-state index in [-0.39, 0.29) is 24.0 Å². The first-order valence-electron chi connectivity index (χ1n) is 5.33. The van der Waals surface area contributed by atoms with Crippen molar-refractivity contribution in [2.75, 3.05) is 20.1 Å². The fraction of sp³-hybridized carbons (Fsp3) is 0.545. The van der Waals surface area contributed by atoms with E-state index in [0.29, 0.717) is 0 Å². The molecule has 0 unspecified atom stereocenters. The van der Waals surface area contributed by atoms with Crippen molar-refractivity contribution in [3.05, 3.63) is 22.4 Å². The van der Waals surface area contributed by atoms with Crippen molar-refractivity contribution < 1.29 is 0 Å². The van der Waals surface area contributed by atoms with E-state index >= 15 is 0 Å². The molecular formula is C11H20IN3S. The Kier molecular flexibility index (Phi) is 9.71. The zero-order valence-corrected chi connectivity index (χ0v) is 13.0. The summed E-state index contributed by atoms with van der Waals surface area (Å²) < 4.78 is 0. The maximum Gasteiger partial charge on any atom is 0.190 e. The fourth-order valence-corrected chi connectivity index (χ4v) is 1.93. The second kappa shape index (κ2) is 9.89. The van der Waals surface area contributed by atoms with E-state index in [1.165, 1.54) is 4.88 Å². The second-order valence-corrected chi connectivity index (χ2v) is 4.29. The first-order chi connectivity index (χ1) is 7.36. The number of guanidine groups is 1. The van der Waals surface area contributed by atoms with Gasteiger partial charge in [0.15, 0.2) is 5.96 Å². The number of thiophene rings is 1. The molecule has 0 aliphatic rings. The molecule has 3 nitrogen and oxygen atoms in total. The largest absolute Gasteiger partial charge is 0.356 e. The molecule has 1 aromatic heterocycles. The molecule has 1 heterocycles. The maximum absolute atomic E-state index is 4.14. The van der Waals surface area contributed by atoms with E-state index in [2.05, 4.69) is 40.1 Å². The molecule has 2 N–H and O–H groups in total. The molecular weight excluding hydrogens is 333 g/mol. The van der Waals surface area contributed by atoms with E-state index in [9.17, 15) is 0 Å². The SMILES string of the molecule is CCCNC(=NC)NCCc1cccs1.I. The van der Waals surface area contributed by atoms with Crippen LogP contribution < -0.4 is 10.6 Å². The highest BCUT2D eigenvalue weighted by Crippen LogP contribution is 2.07. The minimum Gasteiger partial charge on any atom is -0.356 e. The van der Waals surface area contributed by atoms with Gasteiger partial charge in [0.25, 0.3) is 0 Å². The Morgan fingerprint density at radius 1 is 1.38 bits per heavy atom. The van der Waals surface area contributed by atoms with Crippen LogP contribution in [0, 0.1) is 0 Å². The van der Waals surface area contributed by atoms with E-state index in [0.717, 1.165) is 31.9 Å². The molecule has 0 saturated carbocycles. The van der Waals surface area contributed by atoms with Gasteiger partial charge in [-0.25, -0.2) is 0 Å². The van der Waals surface area contributed by atoms with Gasteiger partial charge in [-0.2, -0.15) is 0 Å². The number of nitrogens with one attached hydrogen (secondary N) is 2. The quantitative estimate of drug-likeness (QED) is 0.485. The van der Waals surface area contributed by atoms with Gasteiger partial charge in [-0.15, -0.1) is 35.3 Å². The molecule has 0 amide bonds. The van der Waals surface area contributed by atoms with Crippen molar-refractivity contribution in [1.82, 2.24) is 10.6 Å². The highest BCUT2D eigenvalue weighted by atomic mass is 127. The van der Waals surface area contributed by atoms with Crippen molar-refractivity contribution in [3.8, 4) is 0 Å². The van der Waals surface area contributed by atoms with Gasteiger partial charge in [-0.3, -0.25) is 4.99 Å². The van der Waals surface area contributed by atoms with Crippen LogP contribution in [0.15, 0.2) is 22.5 Å². The van der Waals surface area contributed by atoms with Gasteiger partial charge in [0, 0.05) is 25.0 Å². The number of rotatable bonds is 5. The summed E-state index contributed by atoms with van der Waals surface area (Å²) in [5, 5.41) is 8.64. The number of nitrogens with zero attached hydrogens (tertiary/aromatic N) is 1. The zero-order chi connectivity index (χ0) is 10.9. The van der Waals surface area contributed by atoms with Gasteiger partial charge < -0.3 is 10.6 Å². The fourth-order valence-electron chi connectivity index (χ4n) is 1.22. The molecule has 5 heteroatoms. The zero-order valence-electron chi connectivity index (χ0n) is 9.82. The Hall–Kier alpha value is -0.300. The molecule has 16 heavy (non-hydrogen) atoms. The molecule has 0 saturated heterocycles. The Bertz CT molecular complexity index is 285. The van der Waals surface area contributed by atoms with Gasteiger partial charge in [-0.1, -0.05) is 13.0 Å². The van der Waals surface area contributed by atoms with Crippen molar-refractivity contribution >= 4 is 41.3 Å². The molecule has 0 aliphatic carbocycles. The average molecular weight is 353 g/mol. The lowest BCUT2D eigenvalue weighted by atomic mass is 10.3. The minimum absolute atomic E-state index is 0. The molecule has 92 valence electrons. The maximum atomic E-state index is 4.14. The lowest BCUT2D eigenvalue weighted by Gasteiger charge is -2.10. The van der Waals surface area contributed by atoms with Crippen LogP contribution in [0.2, 0.25) is 0 Å². The van der Waals surface area contributed by atoms with Gasteiger partial charge >= 0.3 is 0 Å². The summed E-state index contributed by atoms with van der Waals surface area (Å²) >= 11 is 1.80. The topological polar surface area (TPSA) is 36.4 Å². The van der Waals surface area contributed by atoms with Crippen molar-refractivity contribution in [3.63, 3.8) is 0 Å². The third-order valence-corrected chi connectivity index (χ3v) is 2.95. The summed E-state index contributed by atoms with van der Waals surface area (Å²) in [4.78, 5) is 5.55. The highest BCUT2D eigenvalue weighted by Gasteiger charge is 1.96. The van der Waals surface area contributed by atoms with Crippen LogP contribution in [-0.2, 0) is 6.42 Å². The van der Waals surface area contributed by atoms with Crippen molar-refractivity contribution in [1.29, 1.82) is 0 Å². The Morgan fingerprint density at radius 2 is 2.12 bits per heavy atom. The van der Waals surface area contributed by atoms with E-state index in [4.69, 9.17) is 0 Å². The lowest BCUT2D eigenvalue weighted by molar-refractivity contribution is 0.776. The molecule has 0 aliphatic heterocycles. The monoisotopic (exact) mass is 353 g/mol. The van der Waals surface area contributed by atoms with E-state index in [1.807, 2.05) is 0 Å². The third-order valence-electron chi connectivity index (χ3n) is 2.01. The number of hydrogen-bond acceptors (Lipinski definition) is 2. The molecule has 0 bridgehead atoms. The van der Waals surface area contributed by atoms with Crippen LogP contribution in [0.3, 0.4) is 0 Å². The highest BCUT2D eigenvalue weighted by molar-refractivity contribution is 14.0. The first-order valence-corrected chi connectivity index (χ1v) is 6.21. The smallest absolute Gasteiger partial charge is 0.190 e. The first kappa shape index (κ1) is 15.7. The van der Waals surface area contributed by atoms with Crippen LogP contribution in [0.5, 0.6) is 0 Å². The van der Waals surface area contributed by atoms with Crippen LogP contribution in [0.1, 0.15) is 18.2 Å². The van der Waals surface area contributed by atoms with Gasteiger partial charge in [-0.05, 0) is 24.3 Å². The molecule has 1 aromatic rings. The lowest BCUT2D eigenvalue weighted by Crippen LogP contribution is -2.38. The second-order valence-electron chi connectivity index (χ2n) is 3.26. The summed E-state index contributed by atoms with van der Waals surface area (Å²) in [6.07, 6.45) is 2.18. The normalized spacial score (nSPS) is 10.8. The van der Waals surface area contributed by atoms with Crippen LogP contribution in [0.25, 0.3) is 0 Å². The predicted molar refractivity (Wildman–Crippen MR) is 83.1 cm³/mol. The molecule has 0 radical (unpaired) electrons. The molecule has 1 rings (SSSR count). The van der Waals surface area contributed by atoms with Gasteiger partial charge in [0.2, 0.25) is 0 Å². The molecule has 0 spiro atoms. The summed E-state index contributed by atoms with van der Waals surface area (Å²) in [5.41, 5.74) is 0. The Balaban J connectivity index is 0.00000225. The number of aliphatic imine (C=N–C) groups is 1. The third kappa shape index (κ3) is 6.32. The summed E-state index contributed by atoms with van der Waals surface area (Å²) in [7, 11) is 1.80. The Labute approximate surface area is 119 Å². The average Bonchev–Trinajstić information content (AvgIpc) is 2.76. The van der Waals surface area contributed by atoms with Crippen LogP contribution in [-0.4, -0.2) is 26.1 Å². The van der Waals surface area contributed by atoms with Gasteiger partial charge in [0.05, 0.1) is 0 Å². The van der Waals surface area contributed by atoms with E-state index in [1.54, 1.807) is 18.4 Å². The summed E-state index contributed by atoms with van der Waals surface area (Å²) in [6, 6.07) is 4.25.